The molecule has 1 heterocycles. The maximum Gasteiger partial charge on any atom is 0.240 e. The van der Waals surface area contributed by atoms with Crippen molar-refractivity contribution in [2.75, 3.05) is 13.1 Å². The number of benzene rings is 1. The van der Waals surface area contributed by atoms with Gasteiger partial charge in [0.25, 0.3) is 0 Å². The first-order chi connectivity index (χ1) is 8.99. The Morgan fingerprint density at radius 1 is 1.37 bits per heavy atom. The number of H-pyrrole nitrogens is 1. The maximum absolute atomic E-state index is 12.0. The molecule has 0 atom stereocenters. The summed E-state index contributed by atoms with van der Waals surface area (Å²) in [5.41, 5.74) is 1.36. The third kappa shape index (κ3) is 3.30. The number of hydrogen-bond donors (Lipinski definition) is 3. The van der Waals surface area contributed by atoms with Gasteiger partial charge in [-0.15, -0.1) is 0 Å². The van der Waals surface area contributed by atoms with Gasteiger partial charge in [0.2, 0.25) is 15.9 Å². The van der Waals surface area contributed by atoms with Crippen LogP contribution in [0.1, 0.15) is 6.92 Å². The third-order valence-corrected chi connectivity index (χ3v) is 3.95. The lowest BCUT2D eigenvalue weighted by Gasteiger charge is -2.07. The van der Waals surface area contributed by atoms with Gasteiger partial charge in [-0.05, 0) is 18.2 Å². The van der Waals surface area contributed by atoms with Gasteiger partial charge in [0.1, 0.15) is 0 Å². The van der Waals surface area contributed by atoms with Crippen LogP contribution < -0.4 is 10.0 Å². The summed E-state index contributed by atoms with van der Waals surface area (Å²) in [6, 6.07) is 4.64. The number of amides is 1. The normalized spacial score (nSPS) is 11.6. The van der Waals surface area contributed by atoms with E-state index >= 15 is 0 Å². The fraction of sp³-hybridized carbons (Fsp3) is 0.273. The molecule has 2 aromatic rings. The number of rotatable bonds is 5. The summed E-state index contributed by atoms with van der Waals surface area (Å²) in [5, 5.41) is 2.51. The van der Waals surface area contributed by atoms with Gasteiger partial charge < -0.3 is 10.3 Å². The lowest BCUT2D eigenvalue weighted by molar-refractivity contribution is -0.118. The fourth-order valence-electron chi connectivity index (χ4n) is 1.59. The zero-order valence-corrected chi connectivity index (χ0v) is 11.1. The molecule has 3 N–H and O–H groups in total. The Bertz CT molecular complexity index is 693. The highest BCUT2D eigenvalue weighted by Gasteiger charge is 2.14. The van der Waals surface area contributed by atoms with Crippen molar-refractivity contribution >= 4 is 27.0 Å². The first-order valence-corrected chi connectivity index (χ1v) is 7.14. The van der Waals surface area contributed by atoms with E-state index in [1.54, 1.807) is 6.07 Å². The topological polar surface area (TPSA) is 104 Å². The highest BCUT2D eigenvalue weighted by atomic mass is 32.2. The Hall–Kier alpha value is -1.93. The quantitative estimate of drug-likeness (QED) is 0.670. The number of imidazole rings is 1. The summed E-state index contributed by atoms with van der Waals surface area (Å²) in [5.74, 6) is -0.196. The number of fused-ring (bicyclic) bond motifs is 1. The van der Waals surface area contributed by atoms with E-state index in [1.807, 2.05) is 0 Å². The minimum atomic E-state index is -3.58. The number of carbonyl (C=O) groups excluding carboxylic acids is 1. The van der Waals surface area contributed by atoms with Gasteiger partial charge in [-0.1, -0.05) is 0 Å². The molecule has 8 heteroatoms. The molecular weight excluding hydrogens is 268 g/mol. The Morgan fingerprint density at radius 2 is 2.16 bits per heavy atom. The maximum atomic E-state index is 12.0. The first kappa shape index (κ1) is 13.5. The highest BCUT2D eigenvalue weighted by Crippen LogP contribution is 2.15. The molecule has 0 radical (unpaired) electrons. The summed E-state index contributed by atoms with van der Waals surface area (Å²) in [6.07, 6.45) is 1.51. The van der Waals surface area contributed by atoms with E-state index in [4.69, 9.17) is 0 Å². The number of aromatic nitrogens is 2. The summed E-state index contributed by atoms with van der Waals surface area (Å²) in [7, 11) is -3.58. The van der Waals surface area contributed by atoms with Gasteiger partial charge in [-0.2, -0.15) is 0 Å². The van der Waals surface area contributed by atoms with Gasteiger partial charge in [-0.3, -0.25) is 4.79 Å². The van der Waals surface area contributed by atoms with Gasteiger partial charge in [0.05, 0.1) is 22.3 Å². The van der Waals surface area contributed by atoms with Crippen molar-refractivity contribution in [3.63, 3.8) is 0 Å². The molecule has 1 aromatic carbocycles. The molecule has 0 aliphatic carbocycles. The molecule has 1 aromatic heterocycles. The van der Waals surface area contributed by atoms with E-state index in [-0.39, 0.29) is 23.9 Å². The van der Waals surface area contributed by atoms with E-state index in [0.717, 1.165) is 0 Å². The molecule has 0 aliphatic heterocycles. The largest absolute Gasteiger partial charge is 0.355 e. The van der Waals surface area contributed by atoms with Crippen LogP contribution in [0.2, 0.25) is 0 Å². The SMILES string of the molecule is CC(=O)NCCNS(=O)(=O)c1ccc2nc[nH]c2c1. The molecule has 0 bridgehead atoms. The highest BCUT2D eigenvalue weighted by molar-refractivity contribution is 7.89. The number of nitrogens with one attached hydrogen (secondary N) is 3. The minimum absolute atomic E-state index is 0.142. The molecule has 2 rings (SSSR count). The second-order valence-corrected chi connectivity index (χ2v) is 5.73. The second-order valence-electron chi connectivity index (χ2n) is 3.96. The Labute approximate surface area is 110 Å². The van der Waals surface area contributed by atoms with Crippen molar-refractivity contribution < 1.29 is 13.2 Å². The van der Waals surface area contributed by atoms with Gasteiger partial charge in [-0.25, -0.2) is 18.1 Å². The molecule has 19 heavy (non-hydrogen) atoms. The zero-order valence-electron chi connectivity index (χ0n) is 10.3. The summed E-state index contributed by atoms with van der Waals surface area (Å²) >= 11 is 0. The van der Waals surface area contributed by atoms with Crippen molar-refractivity contribution in [2.45, 2.75) is 11.8 Å². The minimum Gasteiger partial charge on any atom is -0.355 e. The van der Waals surface area contributed by atoms with Crippen molar-refractivity contribution in [2.24, 2.45) is 0 Å². The average Bonchev–Trinajstić information content (AvgIpc) is 2.81. The van der Waals surface area contributed by atoms with Crippen LogP contribution in [-0.2, 0) is 14.8 Å². The molecular formula is C11H14N4O3S. The van der Waals surface area contributed by atoms with E-state index in [9.17, 15) is 13.2 Å². The standard InChI is InChI=1S/C11H14N4O3S/c1-8(16)12-4-5-15-19(17,18)9-2-3-10-11(6-9)14-7-13-10/h2-3,6-7,15H,4-5H2,1H3,(H,12,16)(H,13,14). The Morgan fingerprint density at radius 3 is 2.89 bits per heavy atom. The fourth-order valence-corrected chi connectivity index (χ4v) is 2.65. The second kappa shape index (κ2) is 5.37. The Kier molecular flexibility index (Phi) is 3.82. The lowest BCUT2D eigenvalue weighted by Crippen LogP contribution is -2.33. The van der Waals surface area contributed by atoms with Crippen LogP contribution in [0.25, 0.3) is 11.0 Å². The molecule has 102 valence electrons. The number of sulfonamides is 1. The monoisotopic (exact) mass is 282 g/mol. The van der Waals surface area contributed by atoms with Crippen LogP contribution in [0.3, 0.4) is 0 Å². The number of carbonyl (C=O) groups is 1. The first-order valence-electron chi connectivity index (χ1n) is 5.66. The number of hydrogen-bond acceptors (Lipinski definition) is 4. The van der Waals surface area contributed by atoms with E-state index in [0.29, 0.717) is 11.0 Å². The predicted octanol–water partition coefficient (Wildman–Crippen LogP) is -0.0227. The zero-order chi connectivity index (χ0) is 13.9. The van der Waals surface area contributed by atoms with Crippen LogP contribution in [0.4, 0.5) is 0 Å². The van der Waals surface area contributed by atoms with Crippen LogP contribution in [0.5, 0.6) is 0 Å². The third-order valence-electron chi connectivity index (χ3n) is 2.49. The van der Waals surface area contributed by atoms with Gasteiger partial charge in [0, 0.05) is 20.0 Å². The van der Waals surface area contributed by atoms with Crippen LogP contribution in [0, 0.1) is 0 Å². The molecule has 0 aliphatic rings. The summed E-state index contributed by atoms with van der Waals surface area (Å²) in [6.45, 7) is 1.77. The lowest BCUT2D eigenvalue weighted by atomic mass is 10.3. The Balaban J connectivity index is 2.08. The van der Waals surface area contributed by atoms with Crippen molar-refractivity contribution in [1.82, 2.24) is 20.0 Å². The molecule has 0 saturated carbocycles. The van der Waals surface area contributed by atoms with Crippen molar-refractivity contribution in [3.8, 4) is 0 Å². The van der Waals surface area contributed by atoms with Crippen LogP contribution >= 0.6 is 0 Å². The van der Waals surface area contributed by atoms with E-state index in [2.05, 4.69) is 20.0 Å². The molecule has 0 fully saturated rings. The van der Waals surface area contributed by atoms with E-state index in [1.165, 1.54) is 25.4 Å². The summed E-state index contributed by atoms with van der Waals surface area (Å²) in [4.78, 5) is 17.7. The van der Waals surface area contributed by atoms with Crippen molar-refractivity contribution in [3.05, 3.63) is 24.5 Å². The summed E-state index contributed by atoms with van der Waals surface area (Å²) < 4.78 is 26.4. The van der Waals surface area contributed by atoms with Gasteiger partial charge in [0.15, 0.2) is 0 Å². The number of nitrogens with zero attached hydrogens (tertiary/aromatic N) is 1. The smallest absolute Gasteiger partial charge is 0.240 e. The number of aromatic amines is 1. The average molecular weight is 282 g/mol. The van der Waals surface area contributed by atoms with Crippen LogP contribution in [0.15, 0.2) is 29.4 Å². The van der Waals surface area contributed by atoms with Gasteiger partial charge >= 0.3 is 0 Å². The van der Waals surface area contributed by atoms with Crippen molar-refractivity contribution in [1.29, 1.82) is 0 Å². The van der Waals surface area contributed by atoms with Crippen LogP contribution in [-0.4, -0.2) is 37.4 Å². The molecule has 1 amide bonds. The van der Waals surface area contributed by atoms with E-state index < -0.39 is 10.0 Å². The molecule has 0 unspecified atom stereocenters. The molecule has 0 saturated heterocycles. The predicted molar refractivity (Wildman–Crippen MR) is 70.0 cm³/mol. The molecule has 7 nitrogen and oxygen atoms in total. The molecule has 0 spiro atoms.